The summed E-state index contributed by atoms with van der Waals surface area (Å²) in [5, 5.41) is 2.83. The molecule has 1 aromatic rings. The number of nitrogens with one attached hydrogen (secondary N) is 1. The highest BCUT2D eigenvalue weighted by atomic mass is 16.5. The zero-order valence-electron chi connectivity index (χ0n) is 14.2. The summed E-state index contributed by atoms with van der Waals surface area (Å²) in [5.41, 5.74) is 1.07. The van der Waals surface area contributed by atoms with Crippen molar-refractivity contribution >= 4 is 12.1 Å². The Hall–Kier alpha value is -2.44. The first-order valence-corrected chi connectivity index (χ1v) is 8.33. The summed E-state index contributed by atoms with van der Waals surface area (Å²) < 4.78 is 5.16. The topological polar surface area (TPSA) is 65.1 Å². The molecule has 0 aliphatic carbocycles. The minimum Gasteiger partial charge on any atom is -0.497 e. The van der Waals surface area contributed by atoms with Crippen LogP contribution in [0.2, 0.25) is 0 Å². The smallest absolute Gasteiger partial charge is 0.320 e. The number of fused-ring (bicyclic) bond motifs is 1. The van der Waals surface area contributed by atoms with Crippen LogP contribution in [0.15, 0.2) is 24.3 Å². The first-order chi connectivity index (χ1) is 11.6. The van der Waals surface area contributed by atoms with Crippen molar-refractivity contribution in [3.05, 3.63) is 29.8 Å². The van der Waals surface area contributed by atoms with Crippen LogP contribution < -0.4 is 10.1 Å². The van der Waals surface area contributed by atoms with Crippen LogP contribution in [0, 0.1) is 0 Å². The molecule has 2 aliphatic heterocycles. The Labute approximate surface area is 142 Å². The molecule has 0 aromatic heterocycles. The maximum atomic E-state index is 12.6. The van der Waals surface area contributed by atoms with Gasteiger partial charge in [-0.05, 0) is 24.6 Å². The molecular formula is C17H24N4O3. The molecule has 1 unspecified atom stereocenters. The minimum absolute atomic E-state index is 0.0433. The number of benzene rings is 1. The van der Waals surface area contributed by atoms with Crippen LogP contribution in [-0.2, 0) is 6.54 Å². The van der Waals surface area contributed by atoms with E-state index in [0.29, 0.717) is 39.3 Å². The van der Waals surface area contributed by atoms with Crippen molar-refractivity contribution < 1.29 is 14.3 Å². The van der Waals surface area contributed by atoms with Gasteiger partial charge in [-0.15, -0.1) is 0 Å². The normalized spacial score (nSPS) is 20.2. The van der Waals surface area contributed by atoms with Crippen molar-refractivity contribution in [1.82, 2.24) is 20.0 Å². The Morgan fingerprint density at radius 2 is 2.00 bits per heavy atom. The van der Waals surface area contributed by atoms with Crippen LogP contribution >= 0.6 is 0 Å². The lowest BCUT2D eigenvalue weighted by Crippen LogP contribution is -2.55. The molecule has 2 saturated heterocycles. The predicted octanol–water partition coefficient (Wildman–Crippen LogP) is 1.35. The molecule has 0 bridgehead atoms. The molecule has 4 amide bonds. The van der Waals surface area contributed by atoms with E-state index in [4.69, 9.17) is 4.74 Å². The van der Waals surface area contributed by atoms with Gasteiger partial charge in [0.05, 0.1) is 13.2 Å². The van der Waals surface area contributed by atoms with Gasteiger partial charge in [0.2, 0.25) is 0 Å². The van der Waals surface area contributed by atoms with Gasteiger partial charge in [-0.1, -0.05) is 12.1 Å². The van der Waals surface area contributed by atoms with E-state index in [-0.39, 0.29) is 18.1 Å². The van der Waals surface area contributed by atoms with Gasteiger partial charge in [-0.25, -0.2) is 9.59 Å². The average Bonchev–Trinajstić information content (AvgIpc) is 2.91. The number of hydrogen-bond acceptors (Lipinski definition) is 3. The summed E-state index contributed by atoms with van der Waals surface area (Å²) in [6, 6.07) is 7.85. The number of methoxy groups -OCH3 is 1. The Morgan fingerprint density at radius 3 is 2.67 bits per heavy atom. The van der Waals surface area contributed by atoms with Crippen molar-refractivity contribution in [2.45, 2.75) is 19.5 Å². The molecule has 0 spiro atoms. The number of carbonyl (C=O) groups excluding carboxylic acids is 2. The van der Waals surface area contributed by atoms with Crippen LogP contribution in [-0.4, -0.2) is 72.6 Å². The fourth-order valence-electron chi connectivity index (χ4n) is 3.31. The third kappa shape index (κ3) is 3.25. The molecule has 0 radical (unpaired) electrons. The van der Waals surface area contributed by atoms with Gasteiger partial charge in [-0.3, -0.25) is 0 Å². The molecule has 7 heteroatoms. The van der Waals surface area contributed by atoms with E-state index in [1.54, 1.807) is 12.0 Å². The second kappa shape index (κ2) is 6.98. The zero-order chi connectivity index (χ0) is 17.1. The zero-order valence-corrected chi connectivity index (χ0v) is 14.2. The van der Waals surface area contributed by atoms with Gasteiger partial charge in [0.15, 0.2) is 0 Å². The van der Waals surface area contributed by atoms with Crippen LogP contribution in [0.5, 0.6) is 5.75 Å². The highest BCUT2D eigenvalue weighted by Gasteiger charge is 2.41. The molecule has 1 N–H and O–H groups in total. The Kier molecular flexibility index (Phi) is 4.78. The SMILES string of the molecule is CCNC(=O)N1CCN2C(=O)N(Cc3ccc(OC)cc3)CC2C1. The lowest BCUT2D eigenvalue weighted by atomic mass is 10.2. The molecule has 2 fully saturated rings. The number of amides is 4. The largest absolute Gasteiger partial charge is 0.497 e. The molecule has 24 heavy (non-hydrogen) atoms. The molecule has 1 aromatic carbocycles. The third-order valence-corrected chi connectivity index (χ3v) is 4.58. The standard InChI is InChI=1S/C17H24N4O3/c1-3-18-16(22)19-8-9-21-14(11-19)12-20(17(21)23)10-13-4-6-15(24-2)7-5-13/h4-7,14H,3,8-12H2,1-2H3,(H,18,22). The summed E-state index contributed by atoms with van der Waals surface area (Å²) in [6.07, 6.45) is 0. The van der Waals surface area contributed by atoms with Crippen molar-refractivity contribution in [2.75, 3.05) is 39.8 Å². The van der Waals surface area contributed by atoms with E-state index >= 15 is 0 Å². The fraction of sp³-hybridized carbons (Fsp3) is 0.529. The van der Waals surface area contributed by atoms with Gasteiger partial charge in [0.1, 0.15) is 5.75 Å². The van der Waals surface area contributed by atoms with E-state index in [9.17, 15) is 9.59 Å². The Morgan fingerprint density at radius 1 is 1.25 bits per heavy atom. The summed E-state index contributed by atoms with van der Waals surface area (Å²) in [5.74, 6) is 0.807. The molecule has 1 atom stereocenters. The molecular weight excluding hydrogens is 308 g/mol. The predicted molar refractivity (Wildman–Crippen MR) is 89.9 cm³/mol. The summed E-state index contributed by atoms with van der Waals surface area (Å²) >= 11 is 0. The number of ether oxygens (including phenoxy) is 1. The third-order valence-electron chi connectivity index (χ3n) is 4.58. The molecule has 2 heterocycles. The van der Waals surface area contributed by atoms with Crippen LogP contribution in [0.1, 0.15) is 12.5 Å². The lowest BCUT2D eigenvalue weighted by Gasteiger charge is -2.36. The Bertz CT molecular complexity index is 604. The van der Waals surface area contributed by atoms with Crippen molar-refractivity contribution in [2.24, 2.45) is 0 Å². The fourth-order valence-corrected chi connectivity index (χ4v) is 3.31. The van der Waals surface area contributed by atoms with Crippen molar-refractivity contribution in [1.29, 1.82) is 0 Å². The first kappa shape index (κ1) is 16.4. The van der Waals surface area contributed by atoms with Gasteiger partial charge in [0, 0.05) is 39.3 Å². The molecule has 0 saturated carbocycles. The second-order valence-corrected chi connectivity index (χ2v) is 6.14. The highest BCUT2D eigenvalue weighted by molar-refractivity contribution is 5.79. The average molecular weight is 332 g/mol. The van der Waals surface area contributed by atoms with Crippen molar-refractivity contribution in [3.8, 4) is 5.75 Å². The number of urea groups is 2. The van der Waals surface area contributed by atoms with E-state index in [2.05, 4.69) is 5.32 Å². The summed E-state index contributed by atoms with van der Waals surface area (Å²) in [7, 11) is 1.64. The summed E-state index contributed by atoms with van der Waals surface area (Å²) in [6.45, 7) is 5.54. The van der Waals surface area contributed by atoms with Crippen LogP contribution in [0.3, 0.4) is 0 Å². The number of rotatable bonds is 4. The van der Waals surface area contributed by atoms with Crippen molar-refractivity contribution in [3.63, 3.8) is 0 Å². The minimum atomic E-state index is -0.0433. The van der Waals surface area contributed by atoms with Gasteiger partial charge < -0.3 is 24.8 Å². The van der Waals surface area contributed by atoms with E-state index in [0.717, 1.165) is 11.3 Å². The number of piperazine rings is 1. The molecule has 3 rings (SSSR count). The number of nitrogens with zero attached hydrogens (tertiary/aromatic N) is 3. The highest BCUT2D eigenvalue weighted by Crippen LogP contribution is 2.23. The Balaban J connectivity index is 1.62. The van der Waals surface area contributed by atoms with E-state index in [1.807, 2.05) is 41.0 Å². The molecule has 7 nitrogen and oxygen atoms in total. The maximum Gasteiger partial charge on any atom is 0.320 e. The first-order valence-electron chi connectivity index (χ1n) is 8.33. The maximum absolute atomic E-state index is 12.6. The van der Waals surface area contributed by atoms with E-state index < -0.39 is 0 Å². The van der Waals surface area contributed by atoms with Crippen LogP contribution in [0.4, 0.5) is 9.59 Å². The number of hydrogen-bond donors (Lipinski definition) is 1. The van der Waals surface area contributed by atoms with Gasteiger partial charge in [0.25, 0.3) is 0 Å². The van der Waals surface area contributed by atoms with Gasteiger partial charge in [-0.2, -0.15) is 0 Å². The van der Waals surface area contributed by atoms with Crippen LogP contribution in [0.25, 0.3) is 0 Å². The quantitative estimate of drug-likeness (QED) is 0.905. The number of carbonyl (C=O) groups is 2. The summed E-state index contributed by atoms with van der Waals surface area (Å²) in [4.78, 5) is 30.1. The monoisotopic (exact) mass is 332 g/mol. The molecule has 130 valence electrons. The second-order valence-electron chi connectivity index (χ2n) is 6.14. The van der Waals surface area contributed by atoms with E-state index in [1.165, 1.54) is 0 Å². The van der Waals surface area contributed by atoms with Gasteiger partial charge >= 0.3 is 12.1 Å². The molecule has 2 aliphatic rings. The lowest BCUT2D eigenvalue weighted by molar-refractivity contribution is 0.129.